The molecule has 0 amide bonds. The molecule has 1 heterocycles. The number of carboxylic acids is 2. The highest BCUT2D eigenvalue weighted by Gasteiger charge is 2.04. The van der Waals surface area contributed by atoms with Gasteiger partial charge in [0, 0.05) is 13.6 Å². The van der Waals surface area contributed by atoms with Crippen LogP contribution in [-0.4, -0.2) is 51.1 Å². The Morgan fingerprint density at radius 2 is 1.68 bits per heavy atom. The van der Waals surface area contributed by atoms with E-state index >= 15 is 0 Å². The Labute approximate surface area is 181 Å². The highest BCUT2D eigenvalue weighted by Crippen LogP contribution is 2.09. The summed E-state index contributed by atoms with van der Waals surface area (Å²) in [6.45, 7) is 2.95. The van der Waals surface area contributed by atoms with Gasteiger partial charge in [-0.3, -0.25) is 0 Å². The molecule has 0 saturated carbocycles. The van der Waals surface area contributed by atoms with Crippen molar-refractivity contribution >= 4 is 11.9 Å². The van der Waals surface area contributed by atoms with Crippen LogP contribution in [0.5, 0.6) is 0 Å². The van der Waals surface area contributed by atoms with Crippen LogP contribution < -0.4 is 26.2 Å². The third-order valence-electron chi connectivity index (χ3n) is 3.40. The molecule has 1 aromatic rings. The van der Waals surface area contributed by atoms with Gasteiger partial charge in [0.1, 0.15) is 29.5 Å². The maximum Gasteiger partial charge on any atom is 0.169 e. The van der Waals surface area contributed by atoms with Crippen LogP contribution in [0.1, 0.15) is 17.9 Å². The average Bonchev–Trinajstić information content (AvgIpc) is 3.15. The summed E-state index contributed by atoms with van der Waals surface area (Å²) in [5.74, 6) is -0.752. The Bertz CT molecular complexity index is 813. The zero-order valence-corrected chi connectivity index (χ0v) is 17.7. The van der Waals surface area contributed by atoms with Gasteiger partial charge in [-0.15, -0.1) is 0 Å². The standard InChI is InChI=1S/C16H24N6O.C4H4O4/c1-19-16(13(9-17)10-18)21-8-4-7-20-11-14-5-6-15(23-14)12-22(2)3;5-3(6)1-2-4(7)8/h5-6,19-21H,4,7-8,11-12H2,1-3H3;1-2H,(H,5,6)(H,7,8)/p-2. The molecule has 0 unspecified atom stereocenters. The maximum absolute atomic E-state index is 9.41. The van der Waals surface area contributed by atoms with Crippen LogP contribution in [0.4, 0.5) is 0 Å². The fourth-order valence-electron chi connectivity index (χ4n) is 2.13. The molecule has 11 heteroatoms. The molecular formula is C20H26N6O5-2. The van der Waals surface area contributed by atoms with E-state index in [2.05, 4.69) is 20.9 Å². The van der Waals surface area contributed by atoms with E-state index in [4.69, 9.17) is 14.9 Å². The molecule has 3 N–H and O–H groups in total. The topological polar surface area (TPSA) is 180 Å². The highest BCUT2D eigenvalue weighted by molar-refractivity contribution is 5.87. The van der Waals surface area contributed by atoms with E-state index in [1.807, 2.05) is 38.4 Å². The van der Waals surface area contributed by atoms with E-state index in [1.54, 1.807) is 7.05 Å². The third kappa shape index (κ3) is 13.9. The van der Waals surface area contributed by atoms with Gasteiger partial charge in [0.2, 0.25) is 0 Å². The van der Waals surface area contributed by atoms with Crippen LogP contribution in [0.15, 0.2) is 40.1 Å². The van der Waals surface area contributed by atoms with Crippen molar-refractivity contribution in [2.24, 2.45) is 0 Å². The number of furan rings is 1. The van der Waals surface area contributed by atoms with Crippen molar-refractivity contribution in [3.8, 4) is 12.1 Å². The Morgan fingerprint density at radius 1 is 1.10 bits per heavy atom. The lowest BCUT2D eigenvalue weighted by Gasteiger charge is -2.10. The molecule has 0 fully saturated rings. The largest absolute Gasteiger partial charge is 0.545 e. The minimum Gasteiger partial charge on any atom is -0.545 e. The van der Waals surface area contributed by atoms with E-state index in [9.17, 15) is 19.8 Å². The van der Waals surface area contributed by atoms with Gasteiger partial charge < -0.3 is 45.1 Å². The number of nitriles is 2. The summed E-state index contributed by atoms with van der Waals surface area (Å²) in [5.41, 5.74) is 0.0597. The summed E-state index contributed by atoms with van der Waals surface area (Å²) in [6.07, 6.45) is 1.63. The number of hydrogen-bond acceptors (Lipinski definition) is 11. The van der Waals surface area contributed by atoms with Crippen molar-refractivity contribution in [3.63, 3.8) is 0 Å². The fourth-order valence-corrected chi connectivity index (χ4v) is 2.13. The van der Waals surface area contributed by atoms with Crippen LogP contribution in [-0.2, 0) is 22.7 Å². The number of carboxylic acid groups (broad SMARTS) is 2. The molecule has 0 aliphatic heterocycles. The van der Waals surface area contributed by atoms with Crippen LogP contribution in [0, 0.1) is 22.7 Å². The van der Waals surface area contributed by atoms with Crippen LogP contribution in [0.3, 0.4) is 0 Å². The Morgan fingerprint density at radius 3 is 2.16 bits per heavy atom. The summed E-state index contributed by atoms with van der Waals surface area (Å²) in [5, 5.41) is 45.6. The minimum absolute atomic E-state index is 0.0597. The van der Waals surface area contributed by atoms with Crippen molar-refractivity contribution < 1.29 is 24.2 Å². The third-order valence-corrected chi connectivity index (χ3v) is 3.40. The van der Waals surface area contributed by atoms with Gasteiger partial charge in [-0.2, -0.15) is 10.5 Å². The zero-order chi connectivity index (χ0) is 23.6. The van der Waals surface area contributed by atoms with Crippen molar-refractivity contribution in [2.75, 3.05) is 34.2 Å². The number of carbonyl (C=O) groups excluding carboxylic acids is 2. The first-order valence-electron chi connectivity index (χ1n) is 9.22. The van der Waals surface area contributed by atoms with Gasteiger partial charge in [-0.25, -0.2) is 0 Å². The lowest BCUT2D eigenvalue weighted by atomic mass is 10.3. The second kappa shape index (κ2) is 16.0. The van der Waals surface area contributed by atoms with Crippen molar-refractivity contribution in [2.45, 2.75) is 19.5 Å². The van der Waals surface area contributed by atoms with Crippen molar-refractivity contribution in [1.29, 1.82) is 10.5 Å². The molecule has 0 aliphatic carbocycles. The number of aliphatic carboxylic acids is 2. The van der Waals surface area contributed by atoms with Gasteiger partial charge in [0.05, 0.1) is 25.0 Å². The summed E-state index contributed by atoms with van der Waals surface area (Å²) in [7, 11) is 5.69. The molecule has 0 saturated heterocycles. The summed E-state index contributed by atoms with van der Waals surface area (Å²) < 4.78 is 5.71. The van der Waals surface area contributed by atoms with Gasteiger partial charge in [-0.1, -0.05) is 0 Å². The molecule has 1 aromatic heterocycles. The molecule has 1 rings (SSSR count). The normalized spacial score (nSPS) is 9.87. The molecular weight excluding hydrogens is 404 g/mol. The molecule has 0 aliphatic rings. The Kier molecular flexibility index (Phi) is 14.1. The Balaban J connectivity index is 0.000000954. The first-order chi connectivity index (χ1) is 14.7. The minimum atomic E-state index is -1.55. The van der Waals surface area contributed by atoms with Crippen molar-refractivity contribution in [3.05, 3.63) is 47.2 Å². The lowest BCUT2D eigenvalue weighted by molar-refractivity contribution is -0.301. The smallest absolute Gasteiger partial charge is 0.169 e. The van der Waals surface area contributed by atoms with E-state index in [-0.39, 0.29) is 5.57 Å². The van der Waals surface area contributed by atoms with Gasteiger partial charge in [0.25, 0.3) is 0 Å². The van der Waals surface area contributed by atoms with E-state index < -0.39 is 11.9 Å². The highest BCUT2D eigenvalue weighted by atomic mass is 16.4. The molecule has 0 bridgehead atoms. The average molecular weight is 430 g/mol. The van der Waals surface area contributed by atoms with Gasteiger partial charge >= 0.3 is 0 Å². The van der Waals surface area contributed by atoms with Gasteiger partial charge in [-0.05, 0) is 51.3 Å². The molecule has 168 valence electrons. The van der Waals surface area contributed by atoms with Gasteiger partial charge in [0.15, 0.2) is 5.57 Å². The maximum atomic E-state index is 9.41. The van der Waals surface area contributed by atoms with Crippen LogP contribution in [0.25, 0.3) is 0 Å². The second-order valence-electron chi connectivity index (χ2n) is 6.26. The number of rotatable bonds is 12. The Hall–Kier alpha value is -3.80. The van der Waals surface area contributed by atoms with E-state index in [0.717, 1.165) is 31.0 Å². The second-order valence-corrected chi connectivity index (χ2v) is 6.26. The quantitative estimate of drug-likeness (QED) is 0.188. The number of carbonyl (C=O) groups is 2. The first kappa shape index (κ1) is 27.2. The van der Waals surface area contributed by atoms with E-state index in [0.29, 0.717) is 31.1 Å². The number of allylic oxidation sites excluding steroid dienone is 1. The monoisotopic (exact) mass is 430 g/mol. The molecule has 0 spiro atoms. The number of nitrogens with one attached hydrogen (secondary N) is 3. The summed E-state index contributed by atoms with van der Waals surface area (Å²) in [4.78, 5) is 20.9. The molecule has 0 aromatic carbocycles. The number of nitrogens with zero attached hydrogens (tertiary/aromatic N) is 3. The van der Waals surface area contributed by atoms with Crippen molar-refractivity contribution in [1.82, 2.24) is 20.9 Å². The first-order valence-corrected chi connectivity index (χ1v) is 9.22. The fraction of sp³-hybridized carbons (Fsp3) is 0.400. The molecule has 0 atom stereocenters. The van der Waals surface area contributed by atoms with Crippen LogP contribution >= 0.6 is 0 Å². The molecule has 0 radical (unpaired) electrons. The van der Waals surface area contributed by atoms with E-state index in [1.165, 1.54) is 0 Å². The molecule has 11 nitrogen and oxygen atoms in total. The predicted octanol–water partition coefficient (Wildman–Crippen LogP) is -2.07. The molecule has 31 heavy (non-hydrogen) atoms. The lowest BCUT2D eigenvalue weighted by Crippen LogP contribution is -2.28. The number of hydrogen-bond donors (Lipinski definition) is 3. The van der Waals surface area contributed by atoms with Crippen LogP contribution in [0.2, 0.25) is 0 Å². The summed E-state index contributed by atoms with van der Waals surface area (Å²) >= 11 is 0. The summed E-state index contributed by atoms with van der Waals surface area (Å²) in [6, 6.07) is 7.69. The SMILES string of the molecule is CNC(NCCCNCc1ccc(CN(C)C)o1)=C(C#N)C#N.O=C([O-])C=CC(=O)[O-]. The predicted molar refractivity (Wildman–Crippen MR) is 107 cm³/mol. The zero-order valence-electron chi connectivity index (χ0n) is 17.7.